The average Bonchev–Trinajstić information content (AvgIpc) is 2.54. The predicted molar refractivity (Wildman–Crippen MR) is 88.4 cm³/mol. The second-order valence-electron chi connectivity index (χ2n) is 5.08. The molecule has 0 radical (unpaired) electrons. The average molecular weight is 348 g/mol. The maximum absolute atomic E-state index is 12.3. The first kappa shape index (κ1) is 17.6. The number of ketones is 1. The summed E-state index contributed by atoms with van der Waals surface area (Å²) in [5.74, 6) is -1.09. The van der Waals surface area contributed by atoms with Crippen LogP contribution >= 0.6 is 0 Å². The Morgan fingerprint density at radius 2 is 1.79 bits per heavy atom. The molecule has 0 amide bonds. The Morgan fingerprint density at radius 3 is 2.33 bits per heavy atom. The van der Waals surface area contributed by atoms with Crippen LogP contribution in [0.2, 0.25) is 0 Å². The third-order valence-electron chi connectivity index (χ3n) is 3.00. The Labute approximate surface area is 139 Å². The van der Waals surface area contributed by atoms with E-state index in [2.05, 4.69) is 9.71 Å². The molecule has 2 aromatic rings. The van der Waals surface area contributed by atoms with E-state index in [-0.39, 0.29) is 5.69 Å². The number of carbonyl (C=O) groups excluding carboxylic acids is 2. The van der Waals surface area contributed by atoms with Crippen molar-refractivity contribution in [3.05, 3.63) is 59.9 Å². The van der Waals surface area contributed by atoms with Gasteiger partial charge in [-0.3, -0.25) is 9.52 Å². The number of hydrogen-bond donors (Lipinski definition) is 1. The van der Waals surface area contributed by atoms with Gasteiger partial charge in [-0.05, 0) is 43.3 Å². The smallest absolute Gasteiger partial charge is 0.357 e. The van der Waals surface area contributed by atoms with E-state index in [0.717, 1.165) is 6.26 Å². The van der Waals surface area contributed by atoms with Gasteiger partial charge in [0.05, 0.1) is 6.26 Å². The number of aromatic nitrogens is 1. The van der Waals surface area contributed by atoms with Crippen LogP contribution in [0.3, 0.4) is 0 Å². The van der Waals surface area contributed by atoms with Crippen molar-refractivity contribution in [3.63, 3.8) is 0 Å². The molecule has 1 heterocycles. The molecule has 2 rings (SSSR count). The maximum Gasteiger partial charge on any atom is 0.357 e. The van der Waals surface area contributed by atoms with Gasteiger partial charge in [0.25, 0.3) is 0 Å². The molecule has 24 heavy (non-hydrogen) atoms. The molecule has 0 fully saturated rings. The summed E-state index contributed by atoms with van der Waals surface area (Å²) in [6, 6.07) is 10.6. The van der Waals surface area contributed by atoms with Crippen LogP contribution in [0.4, 0.5) is 5.69 Å². The fourth-order valence-corrected chi connectivity index (χ4v) is 2.47. The van der Waals surface area contributed by atoms with Gasteiger partial charge in [0.15, 0.2) is 6.10 Å². The molecule has 1 aromatic heterocycles. The fraction of sp³-hybridized carbons (Fsp3) is 0.188. The zero-order valence-corrected chi connectivity index (χ0v) is 13.9. The molecule has 0 aliphatic carbocycles. The number of pyridine rings is 1. The van der Waals surface area contributed by atoms with Gasteiger partial charge in [0, 0.05) is 17.4 Å². The standard InChI is InChI=1S/C16H16N2O5S/c1-11(23-16(20)14-5-3-4-10-17-14)15(19)12-6-8-13(9-7-12)18-24(2,21)22/h3-11,18H,1-2H3/t11-/m1/s1. The van der Waals surface area contributed by atoms with E-state index in [1.165, 1.54) is 43.5 Å². The number of anilines is 1. The lowest BCUT2D eigenvalue weighted by molar-refractivity contribution is 0.0313. The number of rotatable bonds is 6. The molecule has 8 heteroatoms. The Hall–Kier alpha value is -2.74. The van der Waals surface area contributed by atoms with Crippen molar-refractivity contribution in [2.24, 2.45) is 0 Å². The minimum atomic E-state index is -3.38. The molecule has 1 atom stereocenters. The summed E-state index contributed by atoms with van der Waals surface area (Å²) in [7, 11) is -3.38. The molecule has 0 saturated heterocycles. The van der Waals surface area contributed by atoms with Crippen molar-refractivity contribution in [2.45, 2.75) is 13.0 Å². The summed E-state index contributed by atoms with van der Waals surface area (Å²) in [6.07, 6.45) is 1.50. The van der Waals surface area contributed by atoms with Gasteiger partial charge in [-0.1, -0.05) is 6.07 Å². The van der Waals surface area contributed by atoms with Crippen LogP contribution < -0.4 is 4.72 Å². The molecule has 0 aliphatic heterocycles. The summed E-state index contributed by atoms with van der Waals surface area (Å²) in [5, 5.41) is 0. The van der Waals surface area contributed by atoms with Crippen LogP contribution in [-0.4, -0.2) is 37.5 Å². The number of carbonyl (C=O) groups is 2. The van der Waals surface area contributed by atoms with Gasteiger partial charge in [-0.2, -0.15) is 0 Å². The molecule has 7 nitrogen and oxygen atoms in total. The molecule has 0 unspecified atom stereocenters. The van der Waals surface area contributed by atoms with Crippen molar-refractivity contribution < 1.29 is 22.7 Å². The Bertz CT molecular complexity index is 833. The highest BCUT2D eigenvalue weighted by molar-refractivity contribution is 7.92. The molecule has 1 N–H and O–H groups in total. The third-order valence-corrected chi connectivity index (χ3v) is 3.61. The number of Topliss-reactive ketones (excluding diaryl/α,β-unsaturated/α-hetero) is 1. The second kappa shape index (κ2) is 7.22. The first-order chi connectivity index (χ1) is 11.3. The topological polar surface area (TPSA) is 102 Å². The van der Waals surface area contributed by atoms with Crippen LogP contribution in [0.25, 0.3) is 0 Å². The first-order valence-corrected chi connectivity index (χ1v) is 8.89. The number of ether oxygens (including phenoxy) is 1. The van der Waals surface area contributed by atoms with Crippen LogP contribution in [0.15, 0.2) is 48.7 Å². The fourth-order valence-electron chi connectivity index (χ4n) is 1.91. The highest BCUT2D eigenvalue weighted by atomic mass is 32.2. The molecular formula is C16H16N2O5S. The number of esters is 1. The van der Waals surface area contributed by atoms with Crippen LogP contribution in [0, 0.1) is 0 Å². The van der Waals surface area contributed by atoms with Gasteiger partial charge >= 0.3 is 5.97 Å². The highest BCUT2D eigenvalue weighted by Crippen LogP contribution is 2.14. The number of nitrogens with one attached hydrogen (secondary N) is 1. The van der Waals surface area contributed by atoms with Crippen molar-refractivity contribution in [2.75, 3.05) is 11.0 Å². The van der Waals surface area contributed by atoms with E-state index in [4.69, 9.17) is 4.74 Å². The Kier molecular flexibility index (Phi) is 5.30. The number of nitrogens with zero attached hydrogens (tertiary/aromatic N) is 1. The summed E-state index contributed by atoms with van der Waals surface area (Å²) in [5.41, 5.74) is 0.757. The summed E-state index contributed by atoms with van der Waals surface area (Å²) in [6.45, 7) is 1.46. The van der Waals surface area contributed by atoms with Crippen LogP contribution in [0.5, 0.6) is 0 Å². The van der Waals surface area contributed by atoms with Gasteiger partial charge in [0.2, 0.25) is 15.8 Å². The Balaban J connectivity index is 2.04. The molecule has 0 saturated carbocycles. The zero-order chi connectivity index (χ0) is 17.7. The largest absolute Gasteiger partial charge is 0.450 e. The predicted octanol–water partition coefficient (Wildman–Crippen LogP) is 1.88. The van der Waals surface area contributed by atoms with Gasteiger partial charge < -0.3 is 4.74 Å². The molecular weight excluding hydrogens is 332 g/mol. The first-order valence-electron chi connectivity index (χ1n) is 7.00. The zero-order valence-electron chi connectivity index (χ0n) is 13.1. The maximum atomic E-state index is 12.3. The number of hydrogen-bond acceptors (Lipinski definition) is 6. The SMILES string of the molecule is C[C@@H](OC(=O)c1ccccn1)C(=O)c1ccc(NS(C)(=O)=O)cc1. The Morgan fingerprint density at radius 1 is 1.12 bits per heavy atom. The minimum absolute atomic E-state index is 0.116. The lowest BCUT2D eigenvalue weighted by atomic mass is 10.1. The van der Waals surface area contributed by atoms with E-state index in [1.807, 2.05) is 0 Å². The molecule has 1 aromatic carbocycles. The van der Waals surface area contributed by atoms with Gasteiger partial charge in [-0.25, -0.2) is 18.2 Å². The lowest BCUT2D eigenvalue weighted by Crippen LogP contribution is -2.24. The lowest BCUT2D eigenvalue weighted by Gasteiger charge is -2.12. The molecule has 0 aliphatic rings. The van der Waals surface area contributed by atoms with Gasteiger partial charge in [-0.15, -0.1) is 0 Å². The van der Waals surface area contributed by atoms with Crippen molar-refractivity contribution >= 4 is 27.5 Å². The van der Waals surface area contributed by atoms with Gasteiger partial charge in [0.1, 0.15) is 5.69 Å². The summed E-state index contributed by atoms with van der Waals surface area (Å²) in [4.78, 5) is 28.0. The van der Waals surface area contributed by atoms with Crippen LogP contribution in [-0.2, 0) is 14.8 Å². The number of benzene rings is 1. The summed E-state index contributed by atoms with van der Waals surface area (Å²) < 4.78 is 29.7. The molecule has 0 bridgehead atoms. The van der Waals surface area contributed by atoms with E-state index < -0.39 is 27.9 Å². The normalized spacial score (nSPS) is 12.2. The highest BCUT2D eigenvalue weighted by Gasteiger charge is 2.21. The van der Waals surface area contributed by atoms with E-state index in [1.54, 1.807) is 12.1 Å². The van der Waals surface area contributed by atoms with Crippen molar-refractivity contribution in [1.29, 1.82) is 0 Å². The molecule has 126 valence electrons. The van der Waals surface area contributed by atoms with Crippen molar-refractivity contribution in [1.82, 2.24) is 4.98 Å². The second-order valence-corrected chi connectivity index (χ2v) is 6.83. The molecule has 0 spiro atoms. The number of sulfonamides is 1. The van der Waals surface area contributed by atoms with Crippen molar-refractivity contribution in [3.8, 4) is 0 Å². The van der Waals surface area contributed by atoms with E-state index in [9.17, 15) is 18.0 Å². The third kappa shape index (κ3) is 4.88. The monoisotopic (exact) mass is 348 g/mol. The van der Waals surface area contributed by atoms with Crippen LogP contribution in [0.1, 0.15) is 27.8 Å². The quantitative estimate of drug-likeness (QED) is 0.632. The summed E-state index contributed by atoms with van der Waals surface area (Å²) >= 11 is 0. The van der Waals surface area contributed by atoms with E-state index in [0.29, 0.717) is 11.3 Å². The minimum Gasteiger partial charge on any atom is -0.450 e. The van der Waals surface area contributed by atoms with E-state index >= 15 is 0 Å².